The molecular weight excluding hydrogens is 290 g/mol. The van der Waals surface area contributed by atoms with E-state index in [1.807, 2.05) is 25.1 Å². The minimum Gasteiger partial charge on any atom is -0.483 e. The average molecular weight is 310 g/mol. The highest BCUT2D eigenvalue weighted by molar-refractivity contribution is 7.10. The van der Waals surface area contributed by atoms with Crippen LogP contribution in [-0.4, -0.2) is 6.04 Å². The summed E-state index contributed by atoms with van der Waals surface area (Å²) in [7, 11) is 0. The van der Waals surface area contributed by atoms with Gasteiger partial charge in [0.15, 0.2) is 0 Å². The molecule has 2 unspecified atom stereocenters. The fourth-order valence-electron chi connectivity index (χ4n) is 2.11. The summed E-state index contributed by atoms with van der Waals surface area (Å²) in [5, 5.41) is 2.80. The number of hydrogen-bond donors (Lipinski definition) is 1. The van der Waals surface area contributed by atoms with Crippen molar-refractivity contribution in [2.45, 2.75) is 39.3 Å². The van der Waals surface area contributed by atoms with Crippen molar-refractivity contribution in [2.75, 3.05) is 0 Å². The molecule has 2 N–H and O–H groups in total. The topological polar surface area (TPSA) is 35.2 Å². The first kappa shape index (κ1) is 15.4. The Bertz CT molecular complexity index is 582. The van der Waals surface area contributed by atoms with Gasteiger partial charge >= 0.3 is 0 Å². The SMILES string of the molecule is CCC(N)C(Oc1ccc(Cl)cc1C)c1sccc1C. The molecule has 0 spiro atoms. The van der Waals surface area contributed by atoms with Gasteiger partial charge in [0.1, 0.15) is 11.9 Å². The maximum atomic E-state index is 6.26. The molecule has 1 aromatic carbocycles. The van der Waals surface area contributed by atoms with E-state index < -0.39 is 0 Å². The number of ether oxygens (including phenoxy) is 1. The predicted molar refractivity (Wildman–Crippen MR) is 86.9 cm³/mol. The largest absolute Gasteiger partial charge is 0.483 e. The number of hydrogen-bond acceptors (Lipinski definition) is 3. The molecule has 2 rings (SSSR count). The van der Waals surface area contributed by atoms with Gasteiger partial charge in [0.2, 0.25) is 0 Å². The molecule has 0 radical (unpaired) electrons. The van der Waals surface area contributed by atoms with Gasteiger partial charge in [0.05, 0.1) is 0 Å². The first-order valence-corrected chi connectivity index (χ1v) is 8.01. The lowest BCUT2D eigenvalue weighted by molar-refractivity contribution is 0.173. The smallest absolute Gasteiger partial charge is 0.148 e. The Morgan fingerprint density at radius 1 is 1.25 bits per heavy atom. The maximum absolute atomic E-state index is 6.26. The molecule has 108 valence electrons. The van der Waals surface area contributed by atoms with Crippen molar-refractivity contribution >= 4 is 22.9 Å². The summed E-state index contributed by atoms with van der Waals surface area (Å²) in [6, 6.07) is 7.75. The Labute approximate surface area is 129 Å². The Hall–Kier alpha value is -1.03. The molecule has 0 saturated heterocycles. The second-order valence-corrected chi connectivity index (χ2v) is 6.37. The fourth-order valence-corrected chi connectivity index (χ4v) is 3.36. The van der Waals surface area contributed by atoms with Crippen LogP contribution >= 0.6 is 22.9 Å². The van der Waals surface area contributed by atoms with Crippen LogP contribution in [0.25, 0.3) is 0 Å². The van der Waals surface area contributed by atoms with Crippen LogP contribution in [0.1, 0.15) is 35.5 Å². The van der Waals surface area contributed by atoms with E-state index in [-0.39, 0.29) is 12.1 Å². The Morgan fingerprint density at radius 3 is 2.55 bits per heavy atom. The summed E-state index contributed by atoms with van der Waals surface area (Å²) in [5.74, 6) is 0.844. The number of rotatable bonds is 5. The first-order valence-electron chi connectivity index (χ1n) is 6.75. The van der Waals surface area contributed by atoms with Crippen LogP contribution in [0.15, 0.2) is 29.6 Å². The van der Waals surface area contributed by atoms with Gasteiger partial charge in [0.25, 0.3) is 0 Å². The van der Waals surface area contributed by atoms with Crippen molar-refractivity contribution in [2.24, 2.45) is 5.73 Å². The van der Waals surface area contributed by atoms with Crippen molar-refractivity contribution in [3.8, 4) is 5.75 Å². The van der Waals surface area contributed by atoms with Crippen molar-refractivity contribution in [1.82, 2.24) is 0 Å². The molecule has 2 aromatic rings. The fraction of sp³-hybridized carbons (Fsp3) is 0.375. The highest BCUT2D eigenvalue weighted by Crippen LogP contribution is 2.33. The van der Waals surface area contributed by atoms with Gasteiger partial charge in [-0.3, -0.25) is 0 Å². The van der Waals surface area contributed by atoms with Gasteiger partial charge in [-0.05, 0) is 61.0 Å². The summed E-state index contributed by atoms with van der Waals surface area (Å²) >= 11 is 7.69. The first-order chi connectivity index (χ1) is 9.52. The van der Waals surface area contributed by atoms with E-state index in [1.165, 1.54) is 10.4 Å². The van der Waals surface area contributed by atoms with Crippen molar-refractivity contribution in [3.63, 3.8) is 0 Å². The summed E-state index contributed by atoms with van der Waals surface area (Å²) in [5.41, 5.74) is 8.52. The zero-order valence-electron chi connectivity index (χ0n) is 12.0. The van der Waals surface area contributed by atoms with Gasteiger partial charge in [-0.1, -0.05) is 18.5 Å². The Morgan fingerprint density at radius 2 is 2.00 bits per heavy atom. The van der Waals surface area contributed by atoms with E-state index in [0.717, 1.165) is 22.8 Å². The molecule has 1 heterocycles. The number of nitrogens with two attached hydrogens (primary N) is 1. The van der Waals surface area contributed by atoms with Gasteiger partial charge in [-0.25, -0.2) is 0 Å². The number of halogens is 1. The molecule has 0 aliphatic heterocycles. The van der Waals surface area contributed by atoms with E-state index in [1.54, 1.807) is 11.3 Å². The normalized spacial score (nSPS) is 14.1. The van der Waals surface area contributed by atoms with E-state index >= 15 is 0 Å². The highest BCUT2D eigenvalue weighted by Gasteiger charge is 2.24. The number of benzene rings is 1. The molecule has 0 aliphatic rings. The summed E-state index contributed by atoms with van der Waals surface area (Å²) in [6.07, 6.45) is 0.758. The Kier molecular flexibility index (Phi) is 5.08. The minimum absolute atomic E-state index is 0.0255. The lowest BCUT2D eigenvalue weighted by Crippen LogP contribution is -2.31. The van der Waals surface area contributed by atoms with Crippen molar-refractivity contribution in [3.05, 3.63) is 50.7 Å². The second-order valence-electron chi connectivity index (χ2n) is 4.99. The van der Waals surface area contributed by atoms with Gasteiger partial charge in [-0.15, -0.1) is 11.3 Å². The molecular formula is C16H20ClNOS. The molecule has 1 aromatic heterocycles. The van der Waals surface area contributed by atoms with Crippen LogP contribution in [0.3, 0.4) is 0 Å². The van der Waals surface area contributed by atoms with Crippen LogP contribution in [0.2, 0.25) is 5.02 Å². The molecule has 4 heteroatoms. The zero-order chi connectivity index (χ0) is 14.7. The third kappa shape index (κ3) is 3.35. The minimum atomic E-state index is -0.111. The molecule has 0 fully saturated rings. The highest BCUT2D eigenvalue weighted by atomic mass is 35.5. The number of thiophene rings is 1. The van der Waals surface area contributed by atoms with Crippen molar-refractivity contribution < 1.29 is 4.74 Å². The average Bonchev–Trinajstić information content (AvgIpc) is 2.83. The summed E-state index contributed by atoms with van der Waals surface area (Å²) < 4.78 is 6.20. The van der Waals surface area contributed by atoms with E-state index in [0.29, 0.717) is 0 Å². The van der Waals surface area contributed by atoms with Gasteiger partial charge in [0, 0.05) is 15.9 Å². The lowest BCUT2D eigenvalue weighted by atomic mass is 10.1. The van der Waals surface area contributed by atoms with Crippen LogP contribution in [-0.2, 0) is 0 Å². The standard InChI is InChI=1S/C16H20ClNOS/c1-4-13(18)15(16-10(2)7-8-20-16)19-14-6-5-12(17)9-11(14)3/h5-9,13,15H,4,18H2,1-3H3. The molecule has 0 saturated carbocycles. The maximum Gasteiger partial charge on any atom is 0.148 e. The molecule has 0 aliphatic carbocycles. The molecule has 0 bridgehead atoms. The third-order valence-electron chi connectivity index (χ3n) is 3.41. The van der Waals surface area contributed by atoms with E-state index in [4.69, 9.17) is 22.1 Å². The summed E-state index contributed by atoms with van der Waals surface area (Å²) in [6.45, 7) is 6.18. The summed E-state index contributed by atoms with van der Waals surface area (Å²) in [4.78, 5) is 1.20. The van der Waals surface area contributed by atoms with Crippen molar-refractivity contribution in [1.29, 1.82) is 0 Å². The molecule has 2 atom stereocenters. The Balaban J connectivity index is 2.31. The van der Waals surface area contributed by atoms with Gasteiger partial charge in [-0.2, -0.15) is 0 Å². The monoisotopic (exact) mass is 309 g/mol. The predicted octanol–water partition coefficient (Wildman–Crippen LogP) is 4.88. The quantitative estimate of drug-likeness (QED) is 0.854. The van der Waals surface area contributed by atoms with E-state index in [2.05, 4.69) is 25.3 Å². The zero-order valence-corrected chi connectivity index (χ0v) is 13.6. The number of aryl methyl sites for hydroxylation is 2. The van der Waals surface area contributed by atoms with Gasteiger partial charge < -0.3 is 10.5 Å². The van der Waals surface area contributed by atoms with Crippen LogP contribution in [0, 0.1) is 13.8 Å². The molecule has 0 amide bonds. The van der Waals surface area contributed by atoms with Crippen LogP contribution in [0.4, 0.5) is 0 Å². The molecule has 2 nitrogen and oxygen atoms in total. The molecule has 20 heavy (non-hydrogen) atoms. The third-order valence-corrected chi connectivity index (χ3v) is 4.73. The van der Waals surface area contributed by atoms with Crippen LogP contribution < -0.4 is 10.5 Å². The lowest BCUT2D eigenvalue weighted by Gasteiger charge is -2.25. The van der Waals surface area contributed by atoms with Crippen LogP contribution in [0.5, 0.6) is 5.75 Å². The van der Waals surface area contributed by atoms with E-state index in [9.17, 15) is 0 Å². The second kappa shape index (κ2) is 6.61.